The van der Waals surface area contributed by atoms with Crippen molar-refractivity contribution in [1.29, 1.82) is 0 Å². The number of piperidine rings is 1. The molecule has 8 rings (SSSR count). The second-order valence-corrected chi connectivity index (χ2v) is 18.9. The number of sulfonamides is 1. The van der Waals surface area contributed by atoms with Gasteiger partial charge in [-0.2, -0.15) is 0 Å². The van der Waals surface area contributed by atoms with Crippen molar-refractivity contribution >= 4 is 19.3 Å². The SMILES string of the molecule is CN(CCCOCCOCCOCCOCCOCC12CNC(c3ccccc3)N3C(C1)C1N(C2)C(c2ccccc2)C13P)S(=O)(=O)C1CC2C=CC1O2. The van der Waals surface area contributed by atoms with Gasteiger partial charge in [0.15, 0.2) is 0 Å². The van der Waals surface area contributed by atoms with Crippen LogP contribution in [0.2, 0.25) is 0 Å². The largest absolute Gasteiger partial charge is 0.379 e. The molecule has 0 aliphatic carbocycles. The van der Waals surface area contributed by atoms with Gasteiger partial charge in [-0.25, -0.2) is 12.7 Å². The summed E-state index contributed by atoms with van der Waals surface area (Å²) in [5, 5.41) is 3.53. The van der Waals surface area contributed by atoms with Gasteiger partial charge >= 0.3 is 0 Å². The van der Waals surface area contributed by atoms with Gasteiger partial charge in [0.05, 0.1) is 89.2 Å². The molecule has 0 spiro atoms. The van der Waals surface area contributed by atoms with Gasteiger partial charge < -0.3 is 28.4 Å². The molecule has 1 N–H and O–H groups in total. The van der Waals surface area contributed by atoms with E-state index in [0.29, 0.717) is 104 Å². The molecular formula is C40H57N4O8PS. The number of rotatable bonds is 22. The fourth-order valence-electron chi connectivity index (χ4n) is 9.81. The molecule has 0 aromatic heterocycles. The van der Waals surface area contributed by atoms with Gasteiger partial charge in [0, 0.05) is 50.8 Å². The van der Waals surface area contributed by atoms with Gasteiger partial charge in [-0.3, -0.25) is 15.1 Å². The van der Waals surface area contributed by atoms with E-state index < -0.39 is 15.3 Å². The highest BCUT2D eigenvalue weighted by Gasteiger charge is 2.78. The van der Waals surface area contributed by atoms with Gasteiger partial charge in [-0.15, -0.1) is 9.24 Å². The lowest BCUT2D eigenvalue weighted by molar-refractivity contribution is -0.284. The Morgan fingerprint density at radius 1 is 0.852 bits per heavy atom. The summed E-state index contributed by atoms with van der Waals surface area (Å²) < 4.78 is 61.9. The first-order chi connectivity index (χ1) is 26.3. The van der Waals surface area contributed by atoms with Crippen molar-refractivity contribution in [3.05, 3.63) is 83.9 Å². The van der Waals surface area contributed by atoms with Crippen molar-refractivity contribution in [3.63, 3.8) is 0 Å². The molecule has 5 fully saturated rings. The van der Waals surface area contributed by atoms with E-state index >= 15 is 0 Å². The van der Waals surface area contributed by atoms with Crippen LogP contribution < -0.4 is 5.32 Å². The molecule has 54 heavy (non-hydrogen) atoms. The number of nitrogens with one attached hydrogen (secondary N) is 1. The molecule has 2 aromatic carbocycles. The molecular weight excluding hydrogens is 728 g/mol. The maximum atomic E-state index is 12.8. The highest BCUT2D eigenvalue weighted by Crippen LogP contribution is 2.70. The van der Waals surface area contributed by atoms with Crippen LogP contribution in [0.15, 0.2) is 72.8 Å². The highest BCUT2D eigenvalue weighted by atomic mass is 32.2. The Morgan fingerprint density at radius 3 is 2.07 bits per heavy atom. The van der Waals surface area contributed by atoms with Crippen molar-refractivity contribution in [2.75, 3.05) is 92.8 Å². The molecule has 0 saturated carbocycles. The van der Waals surface area contributed by atoms with Crippen molar-refractivity contribution < 1.29 is 36.8 Å². The number of hydrogen-bond acceptors (Lipinski definition) is 11. The van der Waals surface area contributed by atoms with Crippen LogP contribution in [-0.2, 0) is 38.4 Å². The molecule has 4 bridgehead atoms. The monoisotopic (exact) mass is 784 g/mol. The van der Waals surface area contributed by atoms with Crippen molar-refractivity contribution in [2.45, 2.75) is 66.3 Å². The third-order valence-corrected chi connectivity index (χ3v) is 15.5. The van der Waals surface area contributed by atoms with E-state index in [0.717, 1.165) is 19.5 Å². The Hall–Kier alpha value is -1.84. The fourth-order valence-corrected chi connectivity index (χ4v) is 12.7. The Morgan fingerprint density at radius 2 is 1.46 bits per heavy atom. The van der Waals surface area contributed by atoms with E-state index in [9.17, 15) is 8.42 Å². The van der Waals surface area contributed by atoms with Gasteiger partial charge in [-0.1, -0.05) is 72.8 Å². The molecule has 10 atom stereocenters. The predicted molar refractivity (Wildman–Crippen MR) is 208 cm³/mol. The summed E-state index contributed by atoms with van der Waals surface area (Å²) in [7, 11) is 1.55. The third kappa shape index (κ3) is 7.62. The summed E-state index contributed by atoms with van der Waals surface area (Å²) in [6.07, 6.45) is 5.91. The quantitative estimate of drug-likeness (QED) is 0.108. The molecule has 0 radical (unpaired) electrons. The average Bonchev–Trinajstić information content (AvgIpc) is 3.81. The highest BCUT2D eigenvalue weighted by molar-refractivity contribution is 7.89. The molecule has 6 aliphatic rings. The lowest BCUT2D eigenvalue weighted by Crippen LogP contribution is -2.92. The van der Waals surface area contributed by atoms with Crippen LogP contribution in [0, 0.1) is 5.41 Å². The number of nitrogens with zero attached hydrogens (tertiary/aromatic N) is 3. The van der Waals surface area contributed by atoms with Gasteiger partial charge in [0.25, 0.3) is 0 Å². The topological polar surface area (TPSA) is 111 Å². The Bertz CT molecular complexity index is 1680. The van der Waals surface area contributed by atoms with E-state index in [1.165, 1.54) is 15.4 Å². The lowest BCUT2D eigenvalue weighted by atomic mass is 9.59. The zero-order valence-electron chi connectivity index (χ0n) is 31.4. The average molecular weight is 785 g/mol. The van der Waals surface area contributed by atoms with Crippen LogP contribution in [0.25, 0.3) is 0 Å². The summed E-state index contributed by atoms with van der Waals surface area (Å²) in [5.41, 5.74) is 2.74. The number of ether oxygens (including phenoxy) is 6. The zero-order chi connectivity index (χ0) is 37.2. The molecule has 0 amide bonds. The Balaban J connectivity index is 0.680. The standard InChI is InChI=1S/C40H57N4O8PS/c1-42(54(45,46)35-25-32-13-14-34(35)52-32)15-8-16-47-17-18-48-19-20-49-21-22-50-23-24-51-29-39-26-33-37-40(53,36(43(37)28-39)30-9-4-2-5-10-30)44(33)38(41-27-39)31-11-6-3-7-12-31/h2-7,9-14,32-38,41H,8,15-29,53H2,1H3. The molecule has 12 nitrogen and oxygen atoms in total. The Labute approximate surface area is 323 Å². The van der Waals surface area contributed by atoms with Crippen molar-refractivity contribution in [1.82, 2.24) is 19.4 Å². The van der Waals surface area contributed by atoms with Crippen molar-refractivity contribution in [3.8, 4) is 0 Å². The van der Waals surface area contributed by atoms with E-state index in [4.69, 9.17) is 28.4 Å². The van der Waals surface area contributed by atoms with E-state index in [-0.39, 0.29) is 29.1 Å². The predicted octanol–water partition coefficient (Wildman–Crippen LogP) is 3.19. The first kappa shape index (κ1) is 39.0. The van der Waals surface area contributed by atoms with E-state index in [1.807, 2.05) is 12.2 Å². The Kier molecular flexibility index (Phi) is 12.2. The van der Waals surface area contributed by atoms with Gasteiger partial charge in [-0.05, 0) is 30.4 Å². The number of benzene rings is 2. The van der Waals surface area contributed by atoms with Gasteiger partial charge in [0.2, 0.25) is 10.0 Å². The molecule has 2 aromatic rings. The lowest BCUT2D eigenvalue weighted by Gasteiger charge is -2.81. The van der Waals surface area contributed by atoms with Crippen LogP contribution in [0.3, 0.4) is 0 Å². The summed E-state index contributed by atoms with van der Waals surface area (Å²) in [6, 6.07) is 23.3. The molecule has 14 heteroatoms. The molecule has 5 saturated heterocycles. The summed E-state index contributed by atoms with van der Waals surface area (Å²) in [6.45, 7) is 7.52. The molecule has 6 aliphatic heterocycles. The van der Waals surface area contributed by atoms with Crippen LogP contribution in [0.4, 0.5) is 0 Å². The normalized spacial score (nSPS) is 33.9. The maximum absolute atomic E-state index is 12.8. The van der Waals surface area contributed by atoms with Crippen molar-refractivity contribution in [2.24, 2.45) is 5.41 Å². The molecule has 6 heterocycles. The summed E-state index contributed by atoms with van der Waals surface area (Å²) >= 11 is 0. The smallest absolute Gasteiger partial charge is 0.219 e. The molecule has 10 unspecified atom stereocenters. The van der Waals surface area contributed by atoms with E-state index in [1.54, 1.807) is 7.05 Å². The number of hydrogen-bond donors (Lipinski definition) is 1. The van der Waals surface area contributed by atoms with Crippen LogP contribution in [0.1, 0.15) is 42.6 Å². The summed E-state index contributed by atoms with van der Waals surface area (Å²) in [5.74, 6) is 0. The number of piperazine rings is 1. The maximum Gasteiger partial charge on any atom is 0.219 e. The van der Waals surface area contributed by atoms with Crippen LogP contribution in [0.5, 0.6) is 0 Å². The minimum Gasteiger partial charge on any atom is -0.379 e. The third-order valence-electron chi connectivity index (χ3n) is 12.3. The van der Waals surface area contributed by atoms with Crippen LogP contribution >= 0.6 is 9.24 Å². The second-order valence-electron chi connectivity index (χ2n) is 15.7. The minimum atomic E-state index is -3.38. The number of fused-ring (bicyclic) bond motifs is 4. The first-order valence-corrected chi connectivity index (χ1v) is 21.7. The summed E-state index contributed by atoms with van der Waals surface area (Å²) in [4.78, 5) is 5.50. The van der Waals surface area contributed by atoms with E-state index in [2.05, 4.69) is 85.0 Å². The van der Waals surface area contributed by atoms with Gasteiger partial charge in [0.1, 0.15) is 5.25 Å². The minimum absolute atomic E-state index is 0.0183. The zero-order valence-corrected chi connectivity index (χ0v) is 33.3. The second kappa shape index (κ2) is 16.9. The first-order valence-electron chi connectivity index (χ1n) is 19.7. The fraction of sp³-hybridized carbons (Fsp3) is 0.650. The van der Waals surface area contributed by atoms with Crippen LogP contribution in [-0.4, -0.2) is 150 Å². The molecule has 296 valence electrons.